The number of unbranched alkanes of at least 4 members (excludes halogenated alkanes) is 28. The number of hydrogen-bond acceptors (Lipinski definition) is 5. The zero-order valence-corrected chi connectivity index (χ0v) is 41.4. The Hall–Kier alpha value is -2.40. The Morgan fingerprint density at radius 3 is 1.08 bits per heavy atom. The summed E-state index contributed by atoms with van der Waals surface area (Å²) in [7, 11) is 0. The minimum Gasteiger partial charge on any atom is -0.463 e. The minimum absolute atomic E-state index is 0.127. The molecule has 0 aromatic carbocycles. The van der Waals surface area contributed by atoms with Crippen LogP contribution in [0.2, 0.25) is 0 Å². The molecule has 360 valence electrons. The molecule has 0 aliphatic rings. The number of carbonyl (C=O) groups excluding carboxylic acids is 2. The van der Waals surface area contributed by atoms with Crippen LogP contribution in [0.3, 0.4) is 0 Å². The van der Waals surface area contributed by atoms with Crippen molar-refractivity contribution >= 4 is 11.9 Å². The van der Waals surface area contributed by atoms with Crippen LogP contribution in [0.5, 0.6) is 0 Å². The van der Waals surface area contributed by atoms with Crippen molar-refractivity contribution < 1.29 is 23.8 Å². The molecule has 0 N–H and O–H groups in total. The van der Waals surface area contributed by atoms with Crippen molar-refractivity contribution in [2.45, 2.75) is 271 Å². The molecule has 0 fully saturated rings. The number of ether oxygens (including phenoxy) is 3. The first-order valence-corrected chi connectivity index (χ1v) is 26.8. The fourth-order valence-corrected chi connectivity index (χ4v) is 7.47. The largest absolute Gasteiger partial charge is 0.463 e. The van der Waals surface area contributed by atoms with Crippen molar-refractivity contribution in [3.8, 4) is 0 Å². The van der Waals surface area contributed by atoms with Crippen molar-refractivity contribution in [2.24, 2.45) is 0 Å². The van der Waals surface area contributed by atoms with E-state index in [1.807, 2.05) is 0 Å². The molecular formula is C57H102O5. The van der Waals surface area contributed by atoms with Gasteiger partial charge in [-0.25, -0.2) is 0 Å². The predicted molar refractivity (Wildman–Crippen MR) is 270 cm³/mol. The molecule has 0 bridgehead atoms. The molecule has 62 heavy (non-hydrogen) atoms. The van der Waals surface area contributed by atoms with Gasteiger partial charge in [-0.3, -0.25) is 9.59 Å². The molecule has 5 nitrogen and oxygen atoms in total. The predicted octanol–water partition coefficient (Wildman–Crippen LogP) is 18.1. The Bertz CT molecular complexity index is 1070. The maximum absolute atomic E-state index is 12.6. The first-order valence-electron chi connectivity index (χ1n) is 26.8. The van der Waals surface area contributed by atoms with Crippen LogP contribution in [0.1, 0.15) is 265 Å². The van der Waals surface area contributed by atoms with E-state index in [0.29, 0.717) is 19.4 Å². The monoisotopic (exact) mass is 867 g/mol. The van der Waals surface area contributed by atoms with Crippen LogP contribution in [0, 0.1) is 0 Å². The first kappa shape index (κ1) is 59.6. The summed E-state index contributed by atoms with van der Waals surface area (Å²) in [6.45, 7) is 7.64. The number of allylic oxidation sites excluding steroid dienone is 10. The molecule has 0 heterocycles. The summed E-state index contributed by atoms with van der Waals surface area (Å²) in [5, 5.41) is 0. The van der Waals surface area contributed by atoms with Crippen LogP contribution in [0.25, 0.3) is 0 Å². The molecular weight excluding hydrogens is 765 g/mol. The molecule has 0 aliphatic carbocycles. The summed E-state index contributed by atoms with van der Waals surface area (Å²) in [4.78, 5) is 25.2. The molecule has 0 aromatic heterocycles. The van der Waals surface area contributed by atoms with Crippen molar-refractivity contribution in [2.75, 3.05) is 19.8 Å². The topological polar surface area (TPSA) is 61.8 Å². The summed E-state index contributed by atoms with van der Waals surface area (Å²) in [5.41, 5.74) is 0. The van der Waals surface area contributed by atoms with Crippen molar-refractivity contribution in [3.05, 3.63) is 60.8 Å². The second-order valence-corrected chi connectivity index (χ2v) is 17.8. The van der Waals surface area contributed by atoms with E-state index in [1.165, 1.54) is 161 Å². The first-order chi connectivity index (χ1) is 30.6. The van der Waals surface area contributed by atoms with Crippen molar-refractivity contribution in [3.63, 3.8) is 0 Å². The van der Waals surface area contributed by atoms with E-state index in [2.05, 4.69) is 81.5 Å². The van der Waals surface area contributed by atoms with Gasteiger partial charge in [0.1, 0.15) is 19.3 Å². The van der Waals surface area contributed by atoms with Crippen LogP contribution < -0.4 is 0 Å². The Labute approximate surface area is 385 Å². The average Bonchev–Trinajstić information content (AvgIpc) is 3.28. The van der Waals surface area contributed by atoms with Crippen LogP contribution in [0.15, 0.2) is 60.8 Å². The van der Waals surface area contributed by atoms with Gasteiger partial charge in [0.2, 0.25) is 0 Å². The fourth-order valence-electron chi connectivity index (χ4n) is 7.47. The highest BCUT2D eigenvalue weighted by Gasteiger charge is 2.16. The fraction of sp³-hybridized carbons (Fsp3) is 0.789. The second kappa shape index (κ2) is 52.9. The second-order valence-electron chi connectivity index (χ2n) is 17.8. The summed E-state index contributed by atoms with van der Waals surface area (Å²) < 4.78 is 17.4. The third-order valence-corrected chi connectivity index (χ3v) is 11.6. The van der Waals surface area contributed by atoms with Gasteiger partial charge < -0.3 is 14.2 Å². The summed E-state index contributed by atoms with van der Waals surface area (Å²) in [5.74, 6) is -0.400. The van der Waals surface area contributed by atoms with Gasteiger partial charge in [-0.1, -0.05) is 229 Å². The van der Waals surface area contributed by atoms with Gasteiger partial charge >= 0.3 is 11.9 Å². The summed E-state index contributed by atoms with van der Waals surface area (Å²) in [6.07, 6.45) is 66.8. The highest BCUT2D eigenvalue weighted by molar-refractivity contribution is 5.69. The lowest BCUT2D eigenvalue weighted by molar-refractivity contribution is -0.155. The van der Waals surface area contributed by atoms with Crippen LogP contribution in [-0.2, 0) is 23.8 Å². The Morgan fingerprint density at radius 2 is 0.629 bits per heavy atom. The van der Waals surface area contributed by atoms with E-state index in [9.17, 15) is 9.59 Å². The van der Waals surface area contributed by atoms with Crippen LogP contribution in [-0.4, -0.2) is 37.9 Å². The molecule has 0 aliphatic heterocycles. The lowest BCUT2D eigenvalue weighted by Gasteiger charge is -2.18. The normalized spacial score (nSPS) is 12.6. The zero-order valence-electron chi connectivity index (χ0n) is 41.4. The molecule has 0 saturated carbocycles. The number of carbonyl (C=O) groups is 2. The van der Waals surface area contributed by atoms with Gasteiger partial charge in [0, 0.05) is 19.4 Å². The molecule has 1 atom stereocenters. The maximum Gasteiger partial charge on any atom is 0.305 e. The van der Waals surface area contributed by atoms with E-state index in [1.54, 1.807) is 0 Å². The van der Waals surface area contributed by atoms with Gasteiger partial charge in [-0.15, -0.1) is 0 Å². The van der Waals surface area contributed by atoms with Gasteiger partial charge in [-0.2, -0.15) is 0 Å². The van der Waals surface area contributed by atoms with E-state index in [0.717, 1.165) is 70.6 Å². The van der Waals surface area contributed by atoms with E-state index >= 15 is 0 Å². The molecule has 0 spiro atoms. The summed E-state index contributed by atoms with van der Waals surface area (Å²) in [6, 6.07) is 0. The lowest BCUT2D eigenvalue weighted by atomic mass is 10.0. The Balaban J connectivity index is 4.34. The van der Waals surface area contributed by atoms with Gasteiger partial charge in [0.15, 0.2) is 0 Å². The lowest BCUT2D eigenvalue weighted by Crippen LogP contribution is -2.29. The quantitative estimate of drug-likeness (QED) is 0.0346. The SMILES string of the molecule is CCCCC/C=C\C/C=C\C/C=C\C/C=C\CCCC(=O)OC[C@H](COC(=O)CCCCCCC/C=C\CCCCCC)OCCCCCCCCCCCCCCCCCC. The number of hydrogen-bond donors (Lipinski definition) is 0. The molecule has 0 radical (unpaired) electrons. The maximum atomic E-state index is 12.6. The van der Waals surface area contributed by atoms with Crippen molar-refractivity contribution in [1.82, 2.24) is 0 Å². The molecule has 0 unspecified atom stereocenters. The van der Waals surface area contributed by atoms with Crippen molar-refractivity contribution in [1.29, 1.82) is 0 Å². The third-order valence-electron chi connectivity index (χ3n) is 11.6. The molecule has 0 aromatic rings. The van der Waals surface area contributed by atoms with Gasteiger partial charge in [0.05, 0.1) is 0 Å². The molecule has 0 rings (SSSR count). The van der Waals surface area contributed by atoms with Gasteiger partial charge in [0.25, 0.3) is 0 Å². The number of rotatable bonds is 49. The molecule has 0 saturated heterocycles. The number of esters is 2. The Morgan fingerprint density at radius 1 is 0.339 bits per heavy atom. The zero-order chi connectivity index (χ0) is 44.9. The third kappa shape index (κ3) is 50.2. The average molecular weight is 867 g/mol. The standard InChI is InChI=1S/C57H102O5/c1-4-7-10-13-16-19-22-25-27-29-30-33-36-39-42-45-48-51-57(59)62-54-55(53-61-56(58)50-47-44-41-38-35-32-24-21-18-15-12-9-6-3)60-52-49-46-43-40-37-34-31-28-26-23-20-17-14-11-8-5-2/h16,19,21,24-25,27,30,33,39,42,55H,4-15,17-18,20,22-23,26,28-29,31-32,34-38,40-41,43-54H2,1-3H3/b19-16-,24-21-,27-25-,33-30-,42-39-/t55-/m0/s1. The minimum atomic E-state index is -0.424. The Kier molecular flexibility index (Phi) is 50.9. The smallest absolute Gasteiger partial charge is 0.305 e. The van der Waals surface area contributed by atoms with E-state index in [-0.39, 0.29) is 25.2 Å². The van der Waals surface area contributed by atoms with Crippen LogP contribution in [0.4, 0.5) is 0 Å². The van der Waals surface area contributed by atoms with E-state index in [4.69, 9.17) is 14.2 Å². The highest BCUT2D eigenvalue weighted by atomic mass is 16.6. The van der Waals surface area contributed by atoms with E-state index < -0.39 is 6.10 Å². The molecule has 0 amide bonds. The molecule has 5 heteroatoms. The highest BCUT2D eigenvalue weighted by Crippen LogP contribution is 2.15. The summed E-state index contributed by atoms with van der Waals surface area (Å²) >= 11 is 0. The van der Waals surface area contributed by atoms with Crippen LogP contribution >= 0.6 is 0 Å². The van der Waals surface area contributed by atoms with Gasteiger partial charge in [-0.05, 0) is 83.5 Å².